The minimum absolute atomic E-state index is 0.0903. The van der Waals surface area contributed by atoms with Crippen LogP contribution in [0.3, 0.4) is 0 Å². The number of hydrogen-bond acceptors (Lipinski definition) is 5. The summed E-state index contributed by atoms with van der Waals surface area (Å²) < 4.78 is 41.1. The van der Waals surface area contributed by atoms with Crippen molar-refractivity contribution >= 4 is 16.9 Å². The fraction of sp³-hybridized carbons (Fsp3) is 0.375. The second-order valence-electron chi connectivity index (χ2n) is 10.6. The number of aryl methyl sites for hydroxylation is 1. The largest absolute Gasteiger partial charge is 0.458 e. The second kappa shape index (κ2) is 12.3. The van der Waals surface area contributed by atoms with Crippen molar-refractivity contribution in [2.45, 2.75) is 51.7 Å². The number of rotatable bonds is 10. The lowest BCUT2D eigenvalue weighted by Gasteiger charge is -2.36. The molecular weight excluding hydrogens is 514 g/mol. The molecule has 0 saturated carbocycles. The number of ether oxygens (including phenoxy) is 1. The highest BCUT2D eigenvalue weighted by molar-refractivity contribution is 5.94. The first-order chi connectivity index (χ1) is 19.1. The maximum absolute atomic E-state index is 14.5. The van der Waals surface area contributed by atoms with E-state index in [9.17, 15) is 18.4 Å². The van der Waals surface area contributed by atoms with Crippen LogP contribution in [-0.2, 0) is 11.2 Å². The standard InChI is InChI=1S/C32H36F2N2O4/c1-20(2)28(36(16-8-15-35)31(38)22-10-9-21(3)26(34)17-22)30-25(19-32(39-4)13-6-5-7-14-32)29(37)24-12-11-23(33)18-27(24)40-30/h5-7,9-13,17-18,20,28H,8,14-16,19,35H2,1-4H3. The van der Waals surface area contributed by atoms with Gasteiger partial charge >= 0.3 is 0 Å². The van der Waals surface area contributed by atoms with Gasteiger partial charge in [0.2, 0.25) is 0 Å². The molecule has 8 heteroatoms. The minimum atomic E-state index is -0.806. The number of halogens is 2. The molecule has 0 saturated heterocycles. The third kappa shape index (κ3) is 5.93. The fourth-order valence-electron chi connectivity index (χ4n) is 5.25. The number of nitrogens with zero attached hydrogens (tertiary/aromatic N) is 1. The molecule has 0 aliphatic heterocycles. The van der Waals surface area contributed by atoms with Crippen LogP contribution in [0.5, 0.6) is 0 Å². The number of allylic oxidation sites excluding steroid dienone is 2. The van der Waals surface area contributed by atoms with E-state index in [1.54, 1.807) is 31.1 Å². The SMILES string of the molecule is COC1(Cc2c(C(C(C)C)N(CCCN)C(=O)c3ccc(C)c(F)c3)oc3cc(F)ccc3c2=O)C=CC=CC1. The molecule has 4 rings (SSSR count). The van der Waals surface area contributed by atoms with Gasteiger partial charge in [-0.2, -0.15) is 0 Å². The maximum Gasteiger partial charge on any atom is 0.254 e. The molecule has 1 aromatic heterocycles. The Kier molecular flexibility index (Phi) is 9.01. The topological polar surface area (TPSA) is 85.8 Å². The van der Waals surface area contributed by atoms with Crippen LogP contribution in [0.2, 0.25) is 0 Å². The smallest absolute Gasteiger partial charge is 0.254 e. The Morgan fingerprint density at radius 2 is 1.95 bits per heavy atom. The molecule has 2 atom stereocenters. The lowest BCUT2D eigenvalue weighted by atomic mass is 9.84. The Morgan fingerprint density at radius 1 is 1.18 bits per heavy atom. The molecule has 2 unspecified atom stereocenters. The third-order valence-electron chi connectivity index (χ3n) is 7.49. The summed E-state index contributed by atoms with van der Waals surface area (Å²) in [5.41, 5.74) is 5.76. The molecule has 2 aromatic carbocycles. The molecule has 1 amide bonds. The van der Waals surface area contributed by atoms with E-state index in [0.717, 1.165) is 0 Å². The van der Waals surface area contributed by atoms with E-state index in [-0.39, 0.29) is 46.6 Å². The highest BCUT2D eigenvalue weighted by Gasteiger charge is 2.37. The number of hydrogen-bond donors (Lipinski definition) is 1. The lowest BCUT2D eigenvalue weighted by molar-refractivity contribution is 0.0323. The van der Waals surface area contributed by atoms with E-state index in [1.807, 2.05) is 38.2 Å². The van der Waals surface area contributed by atoms with Crippen molar-refractivity contribution in [2.24, 2.45) is 11.7 Å². The van der Waals surface area contributed by atoms with Gasteiger partial charge in [-0.25, -0.2) is 8.78 Å². The highest BCUT2D eigenvalue weighted by atomic mass is 19.1. The Morgan fingerprint density at radius 3 is 2.58 bits per heavy atom. The van der Waals surface area contributed by atoms with Gasteiger partial charge in [0.1, 0.15) is 23.0 Å². The van der Waals surface area contributed by atoms with Gasteiger partial charge in [-0.1, -0.05) is 44.2 Å². The number of amides is 1. The van der Waals surface area contributed by atoms with Crippen molar-refractivity contribution in [3.8, 4) is 0 Å². The number of nitrogens with two attached hydrogens (primary N) is 1. The first kappa shape index (κ1) is 29.4. The molecule has 40 heavy (non-hydrogen) atoms. The molecule has 0 bridgehead atoms. The zero-order chi connectivity index (χ0) is 29.0. The summed E-state index contributed by atoms with van der Waals surface area (Å²) in [6, 6.07) is 7.45. The lowest BCUT2D eigenvalue weighted by Crippen LogP contribution is -2.41. The summed E-state index contributed by atoms with van der Waals surface area (Å²) >= 11 is 0. The third-order valence-corrected chi connectivity index (χ3v) is 7.49. The molecule has 6 nitrogen and oxygen atoms in total. The molecule has 0 spiro atoms. The van der Waals surface area contributed by atoms with Gasteiger partial charge in [0.05, 0.1) is 17.0 Å². The van der Waals surface area contributed by atoms with E-state index in [4.69, 9.17) is 14.9 Å². The van der Waals surface area contributed by atoms with Crippen LogP contribution >= 0.6 is 0 Å². The molecule has 212 valence electrons. The van der Waals surface area contributed by atoms with Crippen LogP contribution in [0.4, 0.5) is 8.78 Å². The first-order valence-corrected chi connectivity index (χ1v) is 13.5. The predicted molar refractivity (Wildman–Crippen MR) is 152 cm³/mol. The van der Waals surface area contributed by atoms with Crippen molar-refractivity contribution in [3.63, 3.8) is 0 Å². The Bertz CT molecular complexity index is 1510. The van der Waals surface area contributed by atoms with Crippen LogP contribution in [0.25, 0.3) is 11.0 Å². The Labute approximate surface area is 233 Å². The van der Waals surface area contributed by atoms with Crippen molar-refractivity contribution in [1.82, 2.24) is 4.90 Å². The molecule has 1 aliphatic carbocycles. The summed E-state index contributed by atoms with van der Waals surface area (Å²) in [4.78, 5) is 29.6. The number of carbonyl (C=O) groups excluding carboxylic acids is 1. The van der Waals surface area contributed by atoms with Gasteiger partial charge in [0.15, 0.2) is 5.43 Å². The van der Waals surface area contributed by atoms with Crippen molar-refractivity contribution in [2.75, 3.05) is 20.2 Å². The Balaban J connectivity index is 1.95. The highest BCUT2D eigenvalue weighted by Crippen LogP contribution is 2.36. The Hall–Kier alpha value is -3.62. The van der Waals surface area contributed by atoms with Crippen LogP contribution in [0.1, 0.15) is 60.0 Å². The van der Waals surface area contributed by atoms with Crippen LogP contribution < -0.4 is 11.2 Å². The number of methoxy groups -OCH3 is 1. The zero-order valence-electron chi connectivity index (χ0n) is 23.4. The van der Waals surface area contributed by atoms with Crippen molar-refractivity contribution in [3.05, 3.63) is 105 Å². The zero-order valence-corrected chi connectivity index (χ0v) is 23.4. The number of carbonyl (C=O) groups is 1. The van der Waals surface area contributed by atoms with E-state index in [1.165, 1.54) is 24.3 Å². The quantitative estimate of drug-likeness (QED) is 0.334. The average Bonchev–Trinajstić information content (AvgIpc) is 2.94. The predicted octanol–water partition coefficient (Wildman–Crippen LogP) is 6.01. The molecule has 2 N–H and O–H groups in total. The summed E-state index contributed by atoms with van der Waals surface area (Å²) in [5, 5.41) is 0.240. The maximum atomic E-state index is 14.5. The van der Waals surface area contributed by atoms with Gasteiger partial charge in [0.25, 0.3) is 5.91 Å². The van der Waals surface area contributed by atoms with Gasteiger partial charge < -0.3 is 19.8 Å². The van der Waals surface area contributed by atoms with Crippen molar-refractivity contribution < 1.29 is 22.7 Å². The van der Waals surface area contributed by atoms with Crippen LogP contribution in [-0.4, -0.2) is 36.6 Å². The van der Waals surface area contributed by atoms with E-state index in [0.29, 0.717) is 30.5 Å². The number of fused-ring (bicyclic) bond motifs is 1. The van der Waals surface area contributed by atoms with E-state index >= 15 is 0 Å². The monoisotopic (exact) mass is 550 g/mol. The van der Waals surface area contributed by atoms with Gasteiger partial charge in [-0.05, 0) is 62.1 Å². The molecule has 3 aromatic rings. The van der Waals surface area contributed by atoms with Gasteiger partial charge in [-0.3, -0.25) is 9.59 Å². The molecule has 0 radical (unpaired) electrons. The number of benzene rings is 2. The summed E-state index contributed by atoms with van der Waals surface area (Å²) in [5.74, 6) is -1.42. The normalized spacial score (nSPS) is 17.5. The average molecular weight is 551 g/mol. The summed E-state index contributed by atoms with van der Waals surface area (Å²) in [6.45, 7) is 6.02. The van der Waals surface area contributed by atoms with Crippen molar-refractivity contribution in [1.29, 1.82) is 0 Å². The fourth-order valence-corrected chi connectivity index (χ4v) is 5.25. The van der Waals surface area contributed by atoms with E-state index < -0.39 is 29.2 Å². The summed E-state index contributed by atoms with van der Waals surface area (Å²) in [7, 11) is 1.59. The van der Waals surface area contributed by atoms with Crippen LogP contribution in [0, 0.1) is 24.5 Å². The van der Waals surface area contributed by atoms with Gasteiger partial charge in [0, 0.05) is 37.3 Å². The minimum Gasteiger partial charge on any atom is -0.458 e. The van der Waals surface area contributed by atoms with Gasteiger partial charge in [-0.15, -0.1) is 0 Å². The molecule has 1 aliphatic rings. The first-order valence-electron chi connectivity index (χ1n) is 13.5. The van der Waals surface area contributed by atoms with E-state index in [2.05, 4.69) is 0 Å². The molecule has 0 fully saturated rings. The molecular formula is C32H36F2N2O4. The molecule has 1 heterocycles. The summed E-state index contributed by atoms with van der Waals surface area (Å²) in [6.07, 6.45) is 8.83. The second-order valence-corrected chi connectivity index (χ2v) is 10.6. The van der Waals surface area contributed by atoms with Crippen LogP contribution in [0.15, 0.2) is 69.9 Å².